The summed E-state index contributed by atoms with van der Waals surface area (Å²) >= 11 is 11.6. The number of aromatic nitrogens is 2. The largest absolute Gasteiger partial charge is 0.489 e. The van der Waals surface area contributed by atoms with E-state index in [1.165, 1.54) is 0 Å². The summed E-state index contributed by atoms with van der Waals surface area (Å²) in [5.41, 5.74) is -0.0757. The molecule has 1 aromatic heterocycles. The second kappa shape index (κ2) is 9.72. The fourth-order valence-electron chi connectivity index (χ4n) is 2.03. The standard InChI is InChI=1S/C18H20Cl2N4O3/c1-18(2,11-27-17-6-5-16(20)23-24-17)22-9-14(25)10-26-15-7-13(19)4-3-12(15)8-21/h3-7,14,22,25H,9-11H2,1-2H3. The molecule has 0 radical (unpaired) electrons. The Morgan fingerprint density at radius 1 is 1.22 bits per heavy atom. The Bertz CT molecular complexity index is 794. The summed E-state index contributed by atoms with van der Waals surface area (Å²) in [6, 6.07) is 9.97. The molecule has 1 aromatic carbocycles. The number of ether oxygens (including phenoxy) is 2. The monoisotopic (exact) mass is 410 g/mol. The Labute approximate surface area is 167 Å². The normalized spacial score (nSPS) is 12.3. The smallest absolute Gasteiger partial charge is 0.233 e. The molecule has 1 heterocycles. The van der Waals surface area contributed by atoms with E-state index in [-0.39, 0.29) is 13.2 Å². The van der Waals surface area contributed by atoms with Gasteiger partial charge < -0.3 is 19.9 Å². The molecule has 0 spiro atoms. The molecular formula is C18H20Cl2N4O3. The highest BCUT2D eigenvalue weighted by Gasteiger charge is 2.20. The number of nitrogens with zero attached hydrogens (tertiary/aromatic N) is 3. The van der Waals surface area contributed by atoms with E-state index < -0.39 is 11.6 Å². The van der Waals surface area contributed by atoms with Gasteiger partial charge in [0, 0.05) is 29.2 Å². The third kappa shape index (κ3) is 7.19. The first-order valence-corrected chi connectivity index (χ1v) is 8.92. The molecule has 0 aliphatic carbocycles. The molecule has 0 saturated heterocycles. The number of aliphatic hydroxyl groups excluding tert-OH is 1. The zero-order valence-electron chi connectivity index (χ0n) is 14.9. The molecule has 0 aliphatic rings. The van der Waals surface area contributed by atoms with Gasteiger partial charge in [-0.25, -0.2) is 0 Å². The Morgan fingerprint density at radius 2 is 2.00 bits per heavy atom. The molecule has 144 valence electrons. The van der Waals surface area contributed by atoms with Crippen LogP contribution in [-0.2, 0) is 0 Å². The van der Waals surface area contributed by atoms with Gasteiger partial charge in [0.1, 0.15) is 31.1 Å². The molecule has 7 nitrogen and oxygen atoms in total. The van der Waals surface area contributed by atoms with E-state index in [2.05, 4.69) is 15.5 Å². The highest BCUT2D eigenvalue weighted by molar-refractivity contribution is 6.30. The fourth-order valence-corrected chi connectivity index (χ4v) is 2.30. The molecule has 9 heteroatoms. The number of halogens is 2. The average molecular weight is 411 g/mol. The summed E-state index contributed by atoms with van der Waals surface area (Å²) in [5.74, 6) is 0.705. The minimum absolute atomic E-state index is 0.0155. The average Bonchev–Trinajstić information content (AvgIpc) is 2.64. The number of nitriles is 1. The van der Waals surface area contributed by atoms with Crippen molar-refractivity contribution >= 4 is 23.2 Å². The van der Waals surface area contributed by atoms with Crippen molar-refractivity contribution < 1.29 is 14.6 Å². The van der Waals surface area contributed by atoms with E-state index in [4.69, 9.17) is 37.9 Å². The van der Waals surface area contributed by atoms with Crippen LogP contribution in [0.15, 0.2) is 30.3 Å². The summed E-state index contributed by atoms with van der Waals surface area (Å²) in [6.07, 6.45) is -0.787. The van der Waals surface area contributed by atoms with Crippen LogP contribution < -0.4 is 14.8 Å². The number of rotatable bonds is 9. The maximum atomic E-state index is 10.1. The predicted molar refractivity (Wildman–Crippen MR) is 102 cm³/mol. The van der Waals surface area contributed by atoms with E-state index >= 15 is 0 Å². The number of β-amino-alcohol motifs (C(OH)–C–C–N with tert-alkyl or cyclic N) is 1. The third-order valence-corrected chi connectivity index (χ3v) is 3.94. The van der Waals surface area contributed by atoms with Gasteiger partial charge in [-0.3, -0.25) is 0 Å². The van der Waals surface area contributed by atoms with Crippen molar-refractivity contribution in [1.82, 2.24) is 15.5 Å². The second-order valence-corrected chi connectivity index (χ2v) is 7.29. The number of hydrogen-bond acceptors (Lipinski definition) is 7. The highest BCUT2D eigenvalue weighted by Crippen LogP contribution is 2.22. The Balaban J connectivity index is 1.78. The lowest BCUT2D eigenvalue weighted by Crippen LogP contribution is -2.48. The number of benzene rings is 1. The SMILES string of the molecule is CC(C)(COc1ccc(Cl)nn1)NCC(O)COc1cc(Cl)ccc1C#N. The maximum Gasteiger partial charge on any atom is 0.233 e. The van der Waals surface area contributed by atoms with E-state index in [1.54, 1.807) is 30.3 Å². The summed E-state index contributed by atoms with van der Waals surface area (Å²) in [6.45, 7) is 4.44. The first-order valence-electron chi connectivity index (χ1n) is 8.16. The topological polar surface area (TPSA) is 100 Å². The molecule has 2 rings (SSSR count). The zero-order chi connectivity index (χ0) is 19.9. The molecule has 0 saturated carbocycles. The van der Waals surface area contributed by atoms with Crippen molar-refractivity contribution in [2.24, 2.45) is 0 Å². The number of aliphatic hydroxyl groups is 1. The van der Waals surface area contributed by atoms with Crippen LogP contribution in [0.5, 0.6) is 11.6 Å². The summed E-state index contributed by atoms with van der Waals surface area (Å²) < 4.78 is 11.1. The maximum absolute atomic E-state index is 10.1. The van der Waals surface area contributed by atoms with Crippen LogP contribution in [0, 0.1) is 11.3 Å². The van der Waals surface area contributed by atoms with Gasteiger partial charge in [0.2, 0.25) is 5.88 Å². The third-order valence-electron chi connectivity index (χ3n) is 3.50. The van der Waals surface area contributed by atoms with Crippen molar-refractivity contribution in [2.75, 3.05) is 19.8 Å². The van der Waals surface area contributed by atoms with Crippen LogP contribution in [-0.4, -0.2) is 46.7 Å². The van der Waals surface area contributed by atoms with Gasteiger partial charge in [0.05, 0.1) is 5.56 Å². The molecular weight excluding hydrogens is 391 g/mol. The van der Waals surface area contributed by atoms with Crippen molar-refractivity contribution in [3.05, 3.63) is 46.1 Å². The molecule has 0 aliphatic heterocycles. The lowest BCUT2D eigenvalue weighted by molar-refractivity contribution is 0.0921. The van der Waals surface area contributed by atoms with Gasteiger partial charge in [0.25, 0.3) is 0 Å². The summed E-state index contributed by atoms with van der Waals surface area (Å²) in [4.78, 5) is 0. The Kier molecular flexibility index (Phi) is 7.63. The van der Waals surface area contributed by atoms with Crippen molar-refractivity contribution in [2.45, 2.75) is 25.5 Å². The molecule has 0 bridgehead atoms. The lowest BCUT2D eigenvalue weighted by Gasteiger charge is -2.27. The van der Waals surface area contributed by atoms with Crippen LogP contribution in [0.3, 0.4) is 0 Å². The van der Waals surface area contributed by atoms with Crippen LogP contribution in [0.25, 0.3) is 0 Å². The van der Waals surface area contributed by atoms with Gasteiger partial charge >= 0.3 is 0 Å². The minimum atomic E-state index is -0.787. The first kappa shape index (κ1) is 21.2. The molecule has 1 atom stereocenters. The van der Waals surface area contributed by atoms with Crippen molar-refractivity contribution in [1.29, 1.82) is 5.26 Å². The minimum Gasteiger partial charge on any atom is -0.489 e. The quantitative estimate of drug-likeness (QED) is 0.655. The van der Waals surface area contributed by atoms with E-state index in [9.17, 15) is 5.11 Å². The van der Waals surface area contributed by atoms with Crippen LogP contribution >= 0.6 is 23.2 Å². The molecule has 2 aromatic rings. The van der Waals surface area contributed by atoms with Crippen LogP contribution in [0.1, 0.15) is 19.4 Å². The molecule has 0 fully saturated rings. The van der Waals surface area contributed by atoms with Gasteiger partial charge in [-0.1, -0.05) is 23.2 Å². The molecule has 2 N–H and O–H groups in total. The predicted octanol–water partition coefficient (Wildman–Crippen LogP) is 2.84. The Morgan fingerprint density at radius 3 is 2.67 bits per heavy atom. The van der Waals surface area contributed by atoms with Crippen LogP contribution in [0.2, 0.25) is 10.2 Å². The van der Waals surface area contributed by atoms with Crippen LogP contribution in [0.4, 0.5) is 0 Å². The van der Waals surface area contributed by atoms with Gasteiger partial charge in [-0.2, -0.15) is 5.26 Å². The zero-order valence-corrected chi connectivity index (χ0v) is 16.5. The summed E-state index contributed by atoms with van der Waals surface area (Å²) in [5, 5.41) is 30.7. The molecule has 27 heavy (non-hydrogen) atoms. The van der Waals surface area contributed by atoms with Gasteiger partial charge in [-0.15, -0.1) is 10.2 Å². The van der Waals surface area contributed by atoms with Gasteiger partial charge in [0.15, 0.2) is 5.15 Å². The molecule has 0 amide bonds. The van der Waals surface area contributed by atoms with E-state index in [1.807, 2.05) is 19.9 Å². The first-order chi connectivity index (χ1) is 12.8. The highest BCUT2D eigenvalue weighted by atomic mass is 35.5. The Hall–Kier alpha value is -2.11. The summed E-state index contributed by atoms with van der Waals surface area (Å²) in [7, 11) is 0. The second-order valence-electron chi connectivity index (χ2n) is 6.46. The van der Waals surface area contributed by atoms with Crippen molar-refractivity contribution in [3.8, 4) is 17.7 Å². The number of nitrogens with one attached hydrogen (secondary N) is 1. The fraction of sp³-hybridized carbons (Fsp3) is 0.389. The molecule has 1 unspecified atom stereocenters. The van der Waals surface area contributed by atoms with E-state index in [0.29, 0.717) is 34.0 Å². The van der Waals surface area contributed by atoms with E-state index in [0.717, 1.165) is 0 Å². The van der Waals surface area contributed by atoms with Crippen molar-refractivity contribution in [3.63, 3.8) is 0 Å². The van der Waals surface area contributed by atoms with Gasteiger partial charge in [-0.05, 0) is 32.0 Å². The number of hydrogen-bond donors (Lipinski definition) is 2. The lowest BCUT2D eigenvalue weighted by atomic mass is 10.1.